The summed E-state index contributed by atoms with van der Waals surface area (Å²) in [5, 5.41) is 18.2. The van der Waals surface area contributed by atoms with Crippen LogP contribution in [-0.4, -0.2) is 48.7 Å². The maximum atomic E-state index is 12.3. The van der Waals surface area contributed by atoms with E-state index < -0.39 is 16.1 Å². The number of hydrogen-bond donors (Lipinski definition) is 2. The van der Waals surface area contributed by atoms with Gasteiger partial charge in [-0.05, 0) is 26.0 Å². The average Bonchev–Trinajstić information content (AvgIpc) is 2.28. The summed E-state index contributed by atoms with van der Waals surface area (Å²) in [6.07, 6.45) is -0.781. The Balaban J connectivity index is 3.04. The van der Waals surface area contributed by atoms with Crippen molar-refractivity contribution in [3.8, 4) is 0 Å². The van der Waals surface area contributed by atoms with Crippen LogP contribution in [0.2, 0.25) is 0 Å². The van der Waals surface area contributed by atoms with Crippen molar-refractivity contribution in [3.63, 3.8) is 0 Å². The molecular formula is C12H19NO4S. The average molecular weight is 273 g/mol. The Morgan fingerprint density at radius 3 is 2.28 bits per heavy atom. The molecule has 0 fully saturated rings. The normalized spacial score (nSPS) is 13.8. The molecule has 1 atom stereocenters. The molecule has 1 aromatic carbocycles. The van der Waals surface area contributed by atoms with Crippen LogP contribution in [0, 0.1) is 6.92 Å². The summed E-state index contributed by atoms with van der Waals surface area (Å²) in [5.74, 6) is 0. The van der Waals surface area contributed by atoms with Gasteiger partial charge in [-0.15, -0.1) is 0 Å². The Kier molecular flexibility index (Phi) is 5.28. The second kappa shape index (κ2) is 6.29. The zero-order valence-electron chi connectivity index (χ0n) is 10.6. The van der Waals surface area contributed by atoms with E-state index in [0.29, 0.717) is 0 Å². The Hall–Kier alpha value is -0.950. The van der Waals surface area contributed by atoms with Crippen LogP contribution in [0.25, 0.3) is 0 Å². The van der Waals surface area contributed by atoms with Crippen molar-refractivity contribution in [1.29, 1.82) is 0 Å². The van der Waals surface area contributed by atoms with Gasteiger partial charge in [-0.25, -0.2) is 8.42 Å². The fourth-order valence-corrected chi connectivity index (χ4v) is 3.09. The molecular weight excluding hydrogens is 254 g/mol. The lowest BCUT2D eigenvalue weighted by Gasteiger charge is -2.22. The van der Waals surface area contributed by atoms with Crippen LogP contribution >= 0.6 is 0 Å². The number of hydrogen-bond acceptors (Lipinski definition) is 4. The number of aryl methyl sites for hydroxylation is 1. The fraction of sp³-hybridized carbons (Fsp3) is 0.500. The molecule has 0 heterocycles. The molecule has 0 aliphatic heterocycles. The lowest BCUT2D eigenvalue weighted by Crippen LogP contribution is -2.38. The highest BCUT2D eigenvalue weighted by Crippen LogP contribution is 2.16. The molecule has 1 rings (SSSR count). The monoisotopic (exact) mass is 273 g/mol. The van der Waals surface area contributed by atoms with Gasteiger partial charge in [0.2, 0.25) is 10.0 Å². The molecule has 0 aliphatic carbocycles. The maximum absolute atomic E-state index is 12.3. The predicted octanol–water partition coefficient (Wildman–Crippen LogP) is 0.359. The van der Waals surface area contributed by atoms with Crippen molar-refractivity contribution in [2.75, 3.05) is 19.7 Å². The van der Waals surface area contributed by atoms with E-state index in [1.807, 2.05) is 6.92 Å². The molecule has 0 aliphatic rings. The zero-order valence-corrected chi connectivity index (χ0v) is 11.4. The molecule has 1 aromatic rings. The van der Waals surface area contributed by atoms with E-state index in [0.717, 1.165) is 9.87 Å². The van der Waals surface area contributed by atoms with Crippen LogP contribution in [0.15, 0.2) is 29.2 Å². The van der Waals surface area contributed by atoms with E-state index in [1.54, 1.807) is 12.1 Å². The Labute approximate surface area is 108 Å². The van der Waals surface area contributed by atoms with E-state index in [1.165, 1.54) is 19.1 Å². The highest BCUT2D eigenvalue weighted by molar-refractivity contribution is 7.89. The minimum Gasteiger partial charge on any atom is -0.395 e. The van der Waals surface area contributed by atoms with Crippen molar-refractivity contribution in [2.45, 2.75) is 24.8 Å². The van der Waals surface area contributed by atoms with Gasteiger partial charge in [0.15, 0.2) is 0 Å². The quantitative estimate of drug-likeness (QED) is 0.784. The minimum absolute atomic E-state index is 0.0267. The zero-order chi connectivity index (χ0) is 13.8. The van der Waals surface area contributed by atoms with Crippen LogP contribution in [0.3, 0.4) is 0 Å². The predicted molar refractivity (Wildman–Crippen MR) is 68.7 cm³/mol. The van der Waals surface area contributed by atoms with Crippen molar-refractivity contribution >= 4 is 10.0 Å². The van der Waals surface area contributed by atoms with E-state index in [4.69, 9.17) is 5.11 Å². The van der Waals surface area contributed by atoms with E-state index in [2.05, 4.69) is 0 Å². The number of nitrogens with zero attached hydrogens (tertiary/aromatic N) is 1. The van der Waals surface area contributed by atoms with Crippen LogP contribution in [0.5, 0.6) is 0 Å². The Bertz CT molecular complexity index is 467. The summed E-state index contributed by atoms with van der Waals surface area (Å²) >= 11 is 0. The standard InChI is InChI=1S/C12H19NO4S/c1-10-3-5-12(6-4-10)18(16,17)13(7-8-14)9-11(2)15/h3-6,11,14-15H,7-9H2,1-2H3/t11-/m0/s1. The third-order valence-electron chi connectivity index (χ3n) is 2.48. The summed E-state index contributed by atoms with van der Waals surface area (Å²) in [5.41, 5.74) is 0.971. The summed E-state index contributed by atoms with van der Waals surface area (Å²) < 4.78 is 25.6. The van der Waals surface area contributed by atoms with Gasteiger partial charge in [-0.3, -0.25) is 0 Å². The van der Waals surface area contributed by atoms with Gasteiger partial charge in [0.25, 0.3) is 0 Å². The SMILES string of the molecule is Cc1ccc(S(=O)(=O)N(CCO)C[C@H](C)O)cc1. The first kappa shape index (κ1) is 15.1. The molecule has 0 saturated heterocycles. The van der Waals surface area contributed by atoms with Gasteiger partial charge in [-0.2, -0.15) is 4.31 Å². The van der Waals surface area contributed by atoms with Crippen LogP contribution in [-0.2, 0) is 10.0 Å². The molecule has 18 heavy (non-hydrogen) atoms. The molecule has 0 saturated carbocycles. The molecule has 6 heteroatoms. The first-order valence-electron chi connectivity index (χ1n) is 5.73. The lowest BCUT2D eigenvalue weighted by atomic mass is 10.2. The van der Waals surface area contributed by atoms with Crippen LogP contribution in [0.4, 0.5) is 0 Å². The largest absolute Gasteiger partial charge is 0.395 e. The third kappa shape index (κ3) is 3.78. The number of rotatable bonds is 6. The number of aliphatic hydroxyl groups is 2. The van der Waals surface area contributed by atoms with Gasteiger partial charge < -0.3 is 10.2 Å². The van der Waals surface area contributed by atoms with Crippen molar-refractivity contribution < 1.29 is 18.6 Å². The molecule has 102 valence electrons. The smallest absolute Gasteiger partial charge is 0.243 e. The number of benzene rings is 1. The van der Waals surface area contributed by atoms with Gasteiger partial charge in [0.05, 0.1) is 17.6 Å². The molecule has 0 radical (unpaired) electrons. The molecule has 0 unspecified atom stereocenters. The summed E-state index contributed by atoms with van der Waals surface area (Å²) in [4.78, 5) is 0.169. The number of aliphatic hydroxyl groups excluding tert-OH is 2. The molecule has 0 amide bonds. The van der Waals surface area contributed by atoms with Crippen molar-refractivity contribution in [2.24, 2.45) is 0 Å². The van der Waals surface area contributed by atoms with Crippen molar-refractivity contribution in [3.05, 3.63) is 29.8 Å². The van der Waals surface area contributed by atoms with Gasteiger partial charge in [0, 0.05) is 13.1 Å². The van der Waals surface area contributed by atoms with E-state index >= 15 is 0 Å². The minimum atomic E-state index is -3.66. The van der Waals surface area contributed by atoms with Gasteiger partial charge in [0.1, 0.15) is 0 Å². The fourth-order valence-electron chi connectivity index (χ4n) is 1.58. The topological polar surface area (TPSA) is 77.8 Å². The molecule has 2 N–H and O–H groups in total. The maximum Gasteiger partial charge on any atom is 0.243 e. The molecule has 0 spiro atoms. The lowest BCUT2D eigenvalue weighted by molar-refractivity contribution is 0.152. The molecule has 5 nitrogen and oxygen atoms in total. The number of sulfonamides is 1. The van der Waals surface area contributed by atoms with Crippen LogP contribution in [0.1, 0.15) is 12.5 Å². The summed E-state index contributed by atoms with van der Waals surface area (Å²) in [6.45, 7) is 3.04. The second-order valence-corrected chi connectivity index (χ2v) is 6.19. The first-order valence-corrected chi connectivity index (χ1v) is 7.17. The van der Waals surface area contributed by atoms with E-state index in [9.17, 15) is 13.5 Å². The summed E-state index contributed by atoms with van der Waals surface area (Å²) in [6, 6.07) is 6.48. The first-order chi connectivity index (χ1) is 8.37. The molecule has 0 bridgehead atoms. The highest BCUT2D eigenvalue weighted by Gasteiger charge is 2.24. The summed E-state index contributed by atoms with van der Waals surface area (Å²) in [7, 11) is -3.66. The van der Waals surface area contributed by atoms with Gasteiger partial charge in [-0.1, -0.05) is 17.7 Å². The van der Waals surface area contributed by atoms with E-state index in [-0.39, 0.29) is 24.6 Å². The second-order valence-electron chi connectivity index (χ2n) is 4.25. The Morgan fingerprint density at radius 2 is 1.83 bits per heavy atom. The van der Waals surface area contributed by atoms with Crippen molar-refractivity contribution in [1.82, 2.24) is 4.31 Å². The highest BCUT2D eigenvalue weighted by atomic mass is 32.2. The Morgan fingerprint density at radius 1 is 1.28 bits per heavy atom. The molecule has 0 aromatic heterocycles. The van der Waals surface area contributed by atoms with Crippen LogP contribution < -0.4 is 0 Å². The van der Waals surface area contributed by atoms with Gasteiger partial charge >= 0.3 is 0 Å². The third-order valence-corrected chi connectivity index (χ3v) is 4.36.